The molecule has 3 nitrogen and oxygen atoms in total. The number of rotatable bonds is 4. The van der Waals surface area contributed by atoms with Crippen LogP contribution in [0.5, 0.6) is 5.75 Å². The van der Waals surface area contributed by atoms with Crippen LogP contribution in [0.4, 0.5) is 5.69 Å². The van der Waals surface area contributed by atoms with Gasteiger partial charge in [0.25, 0.3) is 0 Å². The Morgan fingerprint density at radius 2 is 2.27 bits per heavy atom. The van der Waals surface area contributed by atoms with Gasteiger partial charge < -0.3 is 15.8 Å². The molecule has 0 saturated heterocycles. The molecule has 0 unspecified atom stereocenters. The summed E-state index contributed by atoms with van der Waals surface area (Å²) in [7, 11) is 1.65. The molecule has 2 rings (SSSR count). The van der Waals surface area contributed by atoms with Crippen molar-refractivity contribution in [3.63, 3.8) is 0 Å². The van der Waals surface area contributed by atoms with E-state index in [1.54, 1.807) is 7.11 Å². The number of nitrogen functional groups attached to an aromatic ring is 1. The minimum atomic E-state index is 0.699. The second kappa shape index (κ2) is 4.53. The molecule has 3 N–H and O–H groups in total. The molecule has 1 aromatic carbocycles. The summed E-state index contributed by atoms with van der Waals surface area (Å²) in [6.07, 6.45) is 3.99. The van der Waals surface area contributed by atoms with Gasteiger partial charge in [-0.05, 0) is 30.5 Å². The first-order valence-corrected chi connectivity index (χ1v) is 5.45. The van der Waals surface area contributed by atoms with E-state index < -0.39 is 0 Å². The van der Waals surface area contributed by atoms with E-state index in [0.29, 0.717) is 11.7 Å². The van der Waals surface area contributed by atoms with Crippen LogP contribution >= 0.6 is 0 Å². The lowest BCUT2D eigenvalue weighted by atomic mass is 9.93. The Labute approximate surface area is 90.6 Å². The summed E-state index contributed by atoms with van der Waals surface area (Å²) in [4.78, 5) is 0. The van der Waals surface area contributed by atoms with E-state index in [9.17, 15) is 0 Å². The molecule has 1 fully saturated rings. The van der Waals surface area contributed by atoms with Gasteiger partial charge in [0.05, 0.1) is 12.8 Å². The molecule has 0 atom stereocenters. The number of nitrogens with two attached hydrogens (primary N) is 1. The van der Waals surface area contributed by atoms with Gasteiger partial charge in [0.2, 0.25) is 0 Å². The van der Waals surface area contributed by atoms with E-state index in [1.807, 2.05) is 18.2 Å². The molecule has 0 aliphatic heterocycles. The zero-order valence-corrected chi connectivity index (χ0v) is 9.12. The number of methoxy groups -OCH3 is 1. The van der Waals surface area contributed by atoms with Crippen molar-refractivity contribution in [1.29, 1.82) is 0 Å². The number of hydrogen-bond acceptors (Lipinski definition) is 3. The topological polar surface area (TPSA) is 47.3 Å². The molecular formula is C12H18N2O. The summed E-state index contributed by atoms with van der Waals surface area (Å²) in [5, 5.41) is 3.51. The molecule has 1 aliphatic carbocycles. The Morgan fingerprint density at radius 1 is 1.47 bits per heavy atom. The second-order valence-electron chi connectivity index (χ2n) is 4.09. The molecule has 0 aromatic heterocycles. The molecule has 82 valence electrons. The molecular weight excluding hydrogens is 188 g/mol. The predicted octanol–water partition coefficient (Wildman–Crippen LogP) is 1.92. The van der Waals surface area contributed by atoms with Crippen molar-refractivity contribution in [2.75, 3.05) is 12.8 Å². The normalized spacial score (nSPS) is 16.1. The van der Waals surface area contributed by atoms with Crippen molar-refractivity contribution in [1.82, 2.24) is 5.32 Å². The Kier molecular flexibility index (Phi) is 3.11. The van der Waals surface area contributed by atoms with Crippen molar-refractivity contribution in [2.45, 2.75) is 31.8 Å². The fraction of sp³-hybridized carbons (Fsp3) is 0.500. The van der Waals surface area contributed by atoms with Crippen LogP contribution in [0, 0.1) is 0 Å². The standard InChI is InChI=1S/C12H18N2O/c1-15-12-7-9(5-6-11(12)13)8-14-10-3-2-4-10/h5-7,10,14H,2-4,8,13H2,1H3. The van der Waals surface area contributed by atoms with Gasteiger partial charge in [-0.25, -0.2) is 0 Å². The van der Waals surface area contributed by atoms with E-state index in [1.165, 1.54) is 24.8 Å². The van der Waals surface area contributed by atoms with Crippen LogP contribution in [0.3, 0.4) is 0 Å². The minimum absolute atomic E-state index is 0.699. The van der Waals surface area contributed by atoms with Crippen LogP contribution in [0.1, 0.15) is 24.8 Å². The van der Waals surface area contributed by atoms with Crippen LogP contribution < -0.4 is 15.8 Å². The zero-order chi connectivity index (χ0) is 10.7. The number of benzene rings is 1. The lowest BCUT2D eigenvalue weighted by molar-refractivity contribution is 0.338. The average molecular weight is 206 g/mol. The highest BCUT2D eigenvalue weighted by atomic mass is 16.5. The van der Waals surface area contributed by atoms with E-state index in [4.69, 9.17) is 10.5 Å². The largest absolute Gasteiger partial charge is 0.495 e. The van der Waals surface area contributed by atoms with Gasteiger partial charge >= 0.3 is 0 Å². The number of ether oxygens (including phenoxy) is 1. The molecule has 0 spiro atoms. The number of hydrogen-bond donors (Lipinski definition) is 2. The fourth-order valence-corrected chi connectivity index (χ4v) is 1.74. The maximum Gasteiger partial charge on any atom is 0.142 e. The van der Waals surface area contributed by atoms with Gasteiger partial charge in [0.1, 0.15) is 5.75 Å². The third-order valence-electron chi connectivity index (χ3n) is 3.00. The Hall–Kier alpha value is -1.22. The Bertz CT molecular complexity index is 334. The van der Waals surface area contributed by atoms with Crippen molar-refractivity contribution < 1.29 is 4.74 Å². The quantitative estimate of drug-likeness (QED) is 0.740. The fourth-order valence-electron chi connectivity index (χ4n) is 1.74. The monoisotopic (exact) mass is 206 g/mol. The van der Waals surface area contributed by atoms with Crippen molar-refractivity contribution >= 4 is 5.69 Å². The number of anilines is 1. The summed E-state index contributed by atoms with van der Waals surface area (Å²) >= 11 is 0. The third-order valence-corrected chi connectivity index (χ3v) is 3.00. The number of nitrogens with one attached hydrogen (secondary N) is 1. The minimum Gasteiger partial charge on any atom is -0.495 e. The van der Waals surface area contributed by atoms with E-state index in [0.717, 1.165) is 12.3 Å². The smallest absolute Gasteiger partial charge is 0.142 e. The zero-order valence-electron chi connectivity index (χ0n) is 9.12. The Morgan fingerprint density at radius 3 is 2.87 bits per heavy atom. The van der Waals surface area contributed by atoms with Crippen LogP contribution in [0.2, 0.25) is 0 Å². The van der Waals surface area contributed by atoms with Crippen LogP contribution in [0.15, 0.2) is 18.2 Å². The molecule has 1 aromatic rings. The van der Waals surface area contributed by atoms with Crippen molar-refractivity contribution in [3.8, 4) is 5.75 Å². The van der Waals surface area contributed by atoms with Gasteiger partial charge in [-0.3, -0.25) is 0 Å². The van der Waals surface area contributed by atoms with Crippen molar-refractivity contribution in [2.24, 2.45) is 0 Å². The van der Waals surface area contributed by atoms with Crippen molar-refractivity contribution in [3.05, 3.63) is 23.8 Å². The first-order valence-electron chi connectivity index (χ1n) is 5.45. The van der Waals surface area contributed by atoms with Crippen LogP contribution in [0.25, 0.3) is 0 Å². The Balaban J connectivity index is 1.95. The lowest BCUT2D eigenvalue weighted by Crippen LogP contribution is -2.34. The molecule has 3 heteroatoms. The lowest BCUT2D eigenvalue weighted by Gasteiger charge is -2.26. The van der Waals surface area contributed by atoms with Gasteiger partial charge in [-0.2, -0.15) is 0 Å². The molecule has 1 aliphatic rings. The van der Waals surface area contributed by atoms with Gasteiger partial charge in [-0.1, -0.05) is 12.5 Å². The third kappa shape index (κ3) is 2.42. The molecule has 1 saturated carbocycles. The van der Waals surface area contributed by atoms with Gasteiger partial charge in [-0.15, -0.1) is 0 Å². The molecule has 0 heterocycles. The summed E-state index contributed by atoms with van der Waals surface area (Å²) in [6.45, 7) is 0.904. The first kappa shape index (κ1) is 10.3. The molecule has 15 heavy (non-hydrogen) atoms. The highest BCUT2D eigenvalue weighted by molar-refractivity contribution is 5.53. The predicted molar refractivity (Wildman–Crippen MR) is 61.9 cm³/mol. The highest BCUT2D eigenvalue weighted by Crippen LogP contribution is 2.23. The summed E-state index contributed by atoms with van der Waals surface area (Å²) < 4.78 is 5.18. The second-order valence-corrected chi connectivity index (χ2v) is 4.09. The maximum absolute atomic E-state index is 5.75. The summed E-state index contributed by atoms with van der Waals surface area (Å²) in [5.74, 6) is 0.767. The van der Waals surface area contributed by atoms with Crippen LogP contribution in [-0.2, 0) is 6.54 Å². The summed E-state index contributed by atoms with van der Waals surface area (Å²) in [5.41, 5.74) is 7.68. The van der Waals surface area contributed by atoms with Gasteiger partial charge in [0, 0.05) is 12.6 Å². The maximum atomic E-state index is 5.75. The van der Waals surface area contributed by atoms with Gasteiger partial charge in [0.15, 0.2) is 0 Å². The SMILES string of the molecule is COc1cc(CNC2CCC2)ccc1N. The molecule has 0 radical (unpaired) electrons. The average Bonchev–Trinajstić information content (AvgIpc) is 2.18. The van der Waals surface area contributed by atoms with Crippen LogP contribution in [-0.4, -0.2) is 13.2 Å². The van der Waals surface area contributed by atoms with E-state index in [-0.39, 0.29) is 0 Å². The first-order chi connectivity index (χ1) is 7.29. The van der Waals surface area contributed by atoms with E-state index in [2.05, 4.69) is 5.32 Å². The highest BCUT2D eigenvalue weighted by Gasteiger charge is 2.16. The molecule has 0 amide bonds. The van der Waals surface area contributed by atoms with E-state index >= 15 is 0 Å². The molecule has 0 bridgehead atoms. The summed E-state index contributed by atoms with van der Waals surface area (Å²) in [6, 6.07) is 6.66.